The molecule has 2 atom stereocenters. The van der Waals surface area contributed by atoms with Gasteiger partial charge < -0.3 is 15.2 Å². The number of nitrogens with zero attached hydrogens (tertiary/aromatic N) is 3. The molecule has 1 saturated heterocycles. The van der Waals surface area contributed by atoms with Crippen molar-refractivity contribution in [2.24, 2.45) is 5.73 Å². The Morgan fingerprint density at radius 1 is 1.18 bits per heavy atom. The largest absolute Gasteiger partial charge is 0.340 e. The monoisotopic (exact) mass is 380 g/mol. The molecule has 0 bridgehead atoms. The molecule has 3 aromatic rings. The fourth-order valence-corrected chi connectivity index (χ4v) is 3.50. The van der Waals surface area contributed by atoms with Gasteiger partial charge in [0.25, 0.3) is 0 Å². The summed E-state index contributed by atoms with van der Waals surface area (Å²) in [5.41, 5.74) is 7.66. The fraction of sp³-hybridized carbons (Fsp3) is 0.286. The molecule has 2 N–H and O–H groups in total. The molecular weight excluding hydrogens is 359 g/mol. The van der Waals surface area contributed by atoms with E-state index in [0.717, 1.165) is 18.4 Å². The van der Waals surface area contributed by atoms with E-state index in [1.807, 2.05) is 30.3 Å². The number of benzene rings is 2. The average molecular weight is 380 g/mol. The Morgan fingerprint density at radius 2 is 1.93 bits per heavy atom. The first-order chi connectivity index (χ1) is 13.6. The molecule has 4 rings (SSSR count). The Balaban J connectivity index is 1.47. The molecule has 6 nitrogen and oxygen atoms in total. The van der Waals surface area contributed by atoms with Crippen LogP contribution in [0.15, 0.2) is 59.1 Å². The third-order valence-electron chi connectivity index (χ3n) is 5.05. The first-order valence-corrected chi connectivity index (χ1v) is 9.30. The van der Waals surface area contributed by atoms with Crippen LogP contribution in [0.2, 0.25) is 0 Å². The van der Waals surface area contributed by atoms with Crippen LogP contribution in [0.4, 0.5) is 4.39 Å². The lowest BCUT2D eigenvalue weighted by Crippen LogP contribution is -2.43. The predicted molar refractivity (Wildman–Crippen MR) is 102 cm³/mol. The van der Waals surface area contributed by atoms with Crippen molar-refractivity contribution in [3.8, 4) is 11.4 Å². The van der Waals surface area contributed by atoms with Crippen molar-refractivity contribution >= 4 is 5.91 Å². The molecule has 1 aromatic heterocycles. The lowest BCUT2D eigenvalue weighted by Gasteiger charge is -2.32. The van der Waals surface area contributed by atoms with Crippen molar-refractivity contribution in [3.63, 3.8) is 0 Å². The molecule has 7 heteroatoms. The smallest absolute Gasteiger partial charge is 0.244 e. The maximum Gasteiger partial charge on any atom is 0.244 e. The molecule has 0 spiro atoms. The van der Waals surface area contributed by atoms with E-state index in [9.17, 15) is 9.18 Å². The highest BCUT2D eigenvalue weighted by Gasteiger charge is 2.31. The number of rotatable bonds is 4. The third kappa shape index (κ3) is 3.80. The van der Waals surface area contributed by atoms with E-state index in [0.29, 0.717) is 30.4 Å². The Labute approximate surface area is 162 Å². The number of aromatic nitrogens is 2. The molecule has 2 unspecified atom stereocenters. The highest BCUT2D eigenvalue weighted by atomic mass is 19.1. The second-order valence-electron chi connectivity index (χ2n) is 6.97. The molecular formula is C21H21FN4O2. The number of piperidine rings is 1. The van der Waals surface area contributed by atoms with Crippen LogP contribution in [0.5, 0.6) is 0 Å². The van der Waals surface area contributed by atoms with Crippen molar-refractivity contribution in [1.82, 2.24) is 15.0 Å². The topological polar surface area (TPSA) is 85.3 Å². The van der Waals surface area contributed by atoms with Crippen LogP contribution in [0.1, 0.15) is 36.3 Å². The summed E-state index contributed by atoms with van der Waals surface area (Å²) in [6, 6.07) is 14.6. The van der Waals surface area contributed by atoms with Gasteiger partial charge in [-0.1, -0.05) is 35.5 Å². The summed E-state index contributed by atoms with van der Waals surface area (Å²) >= 11 is 0. The number of carbonyl (C=O) groups excluding carboxylic acids is 1. The van der Waals surface area contributed by atoms with Gasteiger partial charge in [-0.2, -0.15) is 4.98 Å². The number of hydrogen-bond acceptors (Lipinski definition) is 5. The normalized spacial score (nSPS) is 18.1. The van der Waals surface area contributed by atoms with Crippen molar-refractivity contribution in [2.75, 3.05) is 13.1 Å². The quantitative estimate of drug-likeness (QED) is 0.751. The minimum absolute atomic E-state index is 0.0395. The molecule has 1 fully saturated rings. The van der Waals surface area contributed by atoms with E-state index in [-0.39, 0.29) is 17.6 Å². The van der Waals surface area contributed by atoms with E-state index < -0.39 is 6.04 Å². The molecule has 1 aliphatic heterocycles. The molecule has 2 heterocycles. The number of likely N-dealkylation sites (tertiary alicyclic amines) is 1. The SMILES string of the molecule is NC(C(=O)N1CCCC(c2nc(-c3ccc(F)cc3)no2)C1)c1ccccc1. The fourth-order valence-electron chi connectivity index (χ4n) is 3.50. The van der Waals surface area contributed by atoms with Gasteiger partial charge in [0.1, 0.15) is 11.9 Å². The van der Waals surface area contributed by atoms with Gasteiger partial charge in [0, 0.05) is 18.7 Å². The average Bonchev–Trinajstić information content (AvgIpc) is 3.24. The third-order valence-corrected chi connectivity index (χ3v) is 5.05. The van der Waals surface area contributed by atoms with Gasteiger partial charge in [-0.15, -0.1) is 0 Å². The highest BCUT2D eigenvalue weighted by molar-refractivity contribution is 5.83. The summed E-state index contributed by atoms with van der Waals surface area (Å²) in [6.07, 6.45) is 1.70. The van der Waals surface area contributed by atoms with Gasteiger partial charge in [-0.3, -0.25) is 4.79 Å². The Bertz CT molecular complexity index is 943. The van der Waals surface area contributed by atoms with E-state index in [4.69, 9.17) is 10.3 Å². The van der Waals surface area contributed by atoms with Crippen LogP contribution < -0.4 is 5.73 Å². The van der Waals surface area contributed by atoms with Crippen molar-refractivity contribution < 1.29 is 13.7 Å². The summed E-state index contributed by atoms with van der Waals surface area (Å²) in [5, 5.41) is 4.01. The number of hydrogen-bond donors (Lipinski definition) is 1. The summed E-state index contributed by atoms with van der Waals surface area (Å²) in [4.78, 5) is 19.1. The zero-order chi connectivity index (χ0) is 19.5. The highest BCUT2D eigenvalue weighted by Crippen LogP contribution is 2.29. The van der Waals surface area contributed by atoms with E-state index in [1.54, 1.807) is 17.0 Å². The standard InChI is InChI=1S/C21H21FN4O2/c22-17-10-8-15(9-11-17)19-24-20(28-25-19)16-7-4-12-26(13-16)21(27)18(23)14-5-2-1-3-6-14/h1-3,5-6,8-11,16,18H,4,7,12-13,23H2. The van der Waals surface area contributed by atoms with Gasteiger partial charge in [-0.25, -0.2) is 4.39 Å². The van der Waals surface area contributed by atoms with Crippen molar-refractivity contribution in [2.45, 2.75) is 24.8 Å². The lowest BCUT2D eigenvalue weighted by atomic mass is 9.96. The van der Waals surface area contributed by atoms with Crippen LogP contribution in [-0.2, 0) is 4.79 Å². The van der Waals surface area contributed by atoms with Crippen LogP contribution in [-0.4, -0.2) is 34.0 Å². The van der Waals surface area contributed by atoms with Gasteiger partial charge >= 0.3 is 0 Å². The molecule has 0 radical (unpaired) electrons. The van der Waals surface area contributed by atoms with Crippen LogP contribution >= 0.6 is 0 Å². The Hall–Kier alpha value is -3.06. The van der Waals surface area contributed by atoms with Crippen LogP contribution in [0.3, 0.4) is 0 Å². The maximum atomic E-state index is 13.1. The summed E-state index contributed by atoms with van der Waals surface area (Å²) in [5.74, 6) is 0.449. The van der Waals surface area contributed by atoms with Gasteiger partial charge in [0.15, 0.2) is 0 Å². The van der Waals surface area contributed by atoms with E-state index >= 15 is 0 Å². The van der Waals surface area contributed by atoms with Gasteiger partial charge in [-0.05, 0) is 42.7 Å². The number of nitrogens with two attached hydrogens (primary N) is 1. The van der Waals surface area contributed by atoms with Crippen LogP contribution in [0, 0.1) is 5.82 Å². The first-order valence-electron chi connectivity index (χ1n) is 9.30. The Kier molecular flexibility index (Phi) is 5.16. The number of halogens is 1. The zero-order valence-electron chi connectivity index (χ0n) is 15.3. The van der Waals surface area contributed by atoms with Gasteiger partial charge in [0.2, 0.25) is 17.6 Å². The van der Waals surface area contributed by atoms with E-state index in [2.05, 4.69) is 10.1 Å². The second-order valence-corrected chi connectivity index (χ2v) is 6.97. The number of carbonyl (C=O) groups is 1. The molecule has 1 aliphatic rings. The first kappa shape index (κ1) is 18.3. The molecule has 144 valence electrons. The van der Waals surface area contributed by atoms with Crippen molar-refractivity contribution in [3.05, 3.63) is 71.9 Å². The lowest BCUT2D eigenvalue weighted by molar-refractivity contribution is -0.134. The predicted octanol–water partition coefficient (Wildman–Crippen LogP) is 3.28. The maximum absolute atomic E-state index is 13.1. The molecule has 28 heavy (non-hydrogen) atoms. The van der Waals surface area contributed by atoms with E-state index in [1.165, 1.54) is 12.1 Å². The minimum Gasteiger partial charge on any atom is -0.340 e. The molecule has 1 amide bonds. The zero-order valence-corrected chi connectivity index (χ0v) is 15.3. The minimum atomic E-state index is -0.683. The molecule has 0 aliphatic carbocycles. The second kappa shape index (κ2) is 7.90. The van der Waals surface area contributed by atoms with Gasteiger partial charge in [0.05, 0.1) is 5.92 Å². The van der Waals surface area contributed by atoms with Crippen LogP contribution in [0.25, 0.3) is 11.4 Å². The summed E-state index contributed by atoms with van der Waals surface area (Å²) in [6.45, 7) is 1.15. The summed E-state index contributed by atoms with van der Waals surface area (Å²) in [7, 11) is 0. The Morgan fingerprint density at radius 3 is 2.68 bits per heavy atom. The van der Waals surface area contributed by atoms with Crippen molar-refractivity contribution in [1.29, 1.82) is 0 Å². The molecule has 0 saturated carbocycles. The number of amides is 1. The summed E-state index contributed by atoms with van der Waals surface area (Å²) < 4.78 is 18.5. The molecule has 2 aromatic carbocycles.